The molecule has 21 heavy (non-hydrogen) atoms. The highest BCUT2D eigenvalue weighted by Crippen LogP contribution is 2.17. The number of hydrogen-bond donors (Lipinski definition) is 1. The van der Waals surface area contributed by atoms with Gasteiger partial charge in [0.15, 0.2) is 0 Å². The SMILES string of the molecule is CCOC(=O)c1cccc(NCc2ccc(Cl)c(F)c2)c1. The second-order valence-corrected chi connectivity index (χ2v) is 4.81. The van der Waals surface area contributed by atoms with Crippen molar-refractivity contribution in [2.75, 3.05) is 11.9 Å². The number of benzene rings is 2. The van der Waals surface area contributed by atoms with Gasteiger partial charge in [-0.3, -0.25) is 0 Å². The predicted molar refractivity (Wildman–Crippen MR) is 81.1 cm³/mol. The highest BCUT2D eigenvalue weighted by molar-refractivity contribution is 6.30. The Hall–Kier alpha value is -2.07. The largest absolute Gasteiger partial charge is 0.462 e. The number of nitrogens with one attached hydrogen (secondary N) is 1. The second kappa shape index (κ2) is 7.09. The van der Waals surface area contributed by atoms with Crippen LogP contribution in [0.5, 0.6) is 0 Å². The van der Waals surface area contributed by atoms with Crippen molar-refractivity contribution in [3.05, 3.63) is 64.4 Å². The minimum absolute atomic E-state index is 0.100. The third-order valence-corrected chi connectivity index (χ3v) is 3.16. The van der Waals surface area contributed by atoms with Gasteiger partial charge in [0.05, 0.1) is 17.2 Å². The molecule has 0 aliphatic rings. The molecule has 0 saturated carbocycles. The molecule has 3 nitrogen and oxygen atoms in total. The first-order chi connectivity index (χ1) is 10.1. The Morgan fingerprint density at radius 1 is 1.29 bits per heavy atom. The summed E-state index contributed by atoms with van der Waals surface area (Å²) in [6.45, 7) is 2.52. The van der Waals surface area contributed by atoms with Crippen LogP contribution in [-0.2, 0) is 11.3 Å². The van der Waals surface area contributed by atoms with E-state index in [9.17, 15) is 9.18 Å². The number of esters is 1. The minimum atomic E-state index is -0.448. The van der Waals surface area contributed by atoms with Crippen LogP contribution in [0, 0.1) is 5.82 Å². The van der Waals surface area contributed by atoms with Crippen molar-refractivity contribution in [3.8, 4) is 0 Å². The molecule has 5 heteroatoms. The van der Waals surface area contributed by atoms with Gasteiger partial charge >= 0.3 is 5.97 Å². The molecular weight excluding hydrogens is 293 g/mol. The molecule has 0 bridgehead atoms. The van der Waals surface area contributed by atoms with Gasteiger partial charge in [-0.1, -0.05) is 23.7 Å². The molecule has 0 heterocycles. The molecule has 0 aromatic heterocycles. The molecule has 110 valence electrons. The third kappa shape index (κ3) is 4.20. The Labute approximate surface area is 127 Å². The molecule has 0 spiro atoms. The van der Waals surface area contributed by atoms with Crippen LogP contribution in [-0.4, -0.2) is 12.6 Å². The quantitative estimate of drug-likeness (QED) is 0.838. The highest BCUT2D eigenvalue weighted by atomic mass is 35.5. The summed E-state index contributed by atoms with van der Waals surface area (Å²) in [5.41, 5.74) is 2.00. The molecule has 0 atom stereocenters. The molecule has 2 aromatic carbocycles. The normalized spacial score (nSPS) is 10.2. The average Bonchev–Trinajstić information content (AvgIpc) is 2.49. The fourth-order valence-corrected chi connectivity index (χ4v) is 1.94. The number of anilines is 1. The van der Waals surface area contributed by atoms with E-state index in [1.165, 1.54) is 12.1 Å². The fourth-order valence-electron chi connectivity index (χ4n) is 1.82. The van der Waals surface area contributed by atoms with E-state index in [0.29, 0.717) is 18.7 Å². The van der Waals surface area contributed by atoms with Crippen LogP contribution in [0.3, 0.4) is 0 Å². The van der Waals surface area contributed by atoms with Crippen molar-refractivity contribution in [3.63, 3.8) is 0 Å². The van der Waals surface area contributed by atoms with Crippen molar-refractivity contribution in [2.45, 2.75) is 13.5 Å². The Morgan fingerprint density at radius 2 is 2.10 bits per heavy atom. The van der Waals surface area contributed by atoms with Crippen molar-refractivity contribution < 1.29 is 13.9 Å². The Kier molecular flexibility index (Phi) is 5.17. The highest BCUT2D eigenvalue weighted by Gasteiger charge is 2.07. The van der Waals surface area contributed by atoms with Gasteiger partial charge in [-0.2, -0.15) is 0 Å². The summed E-state index contributed by atoms with van der Waals surface area (Å²) in [5, 5.41) is 3.23. The number of ether oxygens (including phenoxy) is 1. The summed E-state index contributed by atoms with van der Waals surface area (Å²) in [5.74, 6) is -0.810. The van der Waals surface area contributed by atoms with Gasteiger partial charge in [0, 0.05) is 12.2 Å². The van der Waals surface area contributed by atoms with Crippen LogP contribution in [0.25, 0.3) is 0 Å². The van der Waals surface area contributed by atoms with Crippen LogP contribution in [0.2, 0.25) is 5.02 Å². The lowest BCUT2D eigenvalue weighted by atomic mass is 10.2. The van der Waals surface area contributed by atoms with Gasteiger partial charge in [0.2, 0.25) is 0 Å². The zero-order valence-electron chi connectivity index (χ0n) is 11.5. The van der Waals surface area contributed by atoms with Crippen molar-refractivity contribution >= 4 is 23.3 Å². The number of rotatable bonds is 5. The smallest absolute Gasteiger partial charge is 0.338 e. The Balaban J connectivity index is 2.04. The van der Waals surface area contributed by atoms with E-state index in [2.05, 4.69) is 5.32 Å². The predicted octanol–water partition coefficient (Wildman–Crippen LogP) is 4.27. The van der Waals surface area contributed by atoms with Crippen LogP contribution in [0.15, 0.2) is 42.5 Å². The zero-order valence-corrected chi connectivity index (χ0v) is 12.3. The third-order valence-electron chi connectivity index (χ3n) is 2.85. The zero-order chi connectivity index (χ0) is 15.2. The molecule has 0 aliphatic carbocycles. The topological polar surface area (TPSA) is 38.3 Å². The van der Waals surface area contributed by atoms with Crippen LogP contribution < -0.4 is 5.32 Å². The molecule has 0 amide bonds. The number of carbonyl (C=O) groups is 1. The summed E-state index contributed by atoms with van der Waals surface area (Å²) < 4.78 is 18.3. The first-order valence-corrected chi connectivity index (χ1v) is 6.93. The molecule has 1 N–H and O–H groups in total. The van der Waals surface area contributed by atoms with Crippen LogP contribution in [0.4, 0.5) is 10.1 Å². The summed E-state index contributed by atoms with van der Waals surface area (Å²) in [4.78, 5) is 11.6. The first kappa shape index (κ1) is 15.3. The van der Waals surface area contributed by atoms with E-state index in [0.717, 1.165) is 11.3 Å². The van der Waals surface area contributed by atoms with Crippen LogP contribution >= 0.6 is 11.6 Å². The summed E-state index contributed by atoms with van der Waals surface area (Å²) in [6.07, 6.45) is 0. The standard InChI is InChI=1S/C16H15ClFNO2/c1-2-21-16(20)12-4-3-5-13(9-12)19-10-11-6-7-14(17)15(18)8-11/h3-9,19H,2,10H2,1H3. The van der Waals surface area contributed by atoms with Crippen LogP contribution in [0.1, 0.15) is 22.8 Å². The molecular formula is C16H15ClFNO2. The maximum absolute atomic E-state index is 13.3. The molecule has 0 aliphatic heterocycles. The number of carbonyl (C=O) groups excluding carboxylic acids is 1. The molecule has 0 unspecified atom stereocenters. The maximum Gasteiger partial charge on any atom is 0.338 e. The lowest BCUT2D eigenvalue weighted by Crippen LogP contribution is -2.06. The Morgan fingerprint density at radius 3 is 2.81 bits per heavy atom. The van der Waals surface area contributed by atoms with E-state index in [1.807, 2.05) is 6.07 Å². The monoisotopic (exact) mass is 307 g/mol. The summed E-state index contributed by atoms with van der Waals surface area (Å²) in [7, 11) is 0. The van der Waals surface area contributed by atoms with Crippen molar-refractivity contribution in [1.82, 2.24) is 0 Å². The van der Waals surface area contributed by atoms with Gasteiger partial charge in [-0.05, 0) is 42.8 Å². The number of halogens is 2. The molecule has 2 rings (SSSR count). The molecule has 0 radical (unpaired) electrons. The average molecular weight is 308 g/mol. The maximum atomic E-state index is 13.3. The molecule has 0 saturated heterocycles. The first-order valence-electron chi connectivity index (χ1n) is 6.55. The van der Waals surface area contributed by atoms with E-state index in [4.69, 9.17) is 16.3 Å². The van der Waals surface area contributed by atoms with E-state index in [-0.39, 0.29) is 11.0 Å². The van der Waals surface area contributed by atoms with Gasteiger partial charge in [0.25, 0.3) is 0 Å². The van der Waals surface area contributed by atoms with Crippen molar-refractivity contribution in [2.24, 2.45) is 0 Å². The van der Waals surface area contributed by atoms with E-state index < -0.39 is 5.82 Å². The lowest BCUT2D eigenvalue weighted by molar-refractivity contribution is 0.0526. The van der Waals surface area contributed by atoms with Gasteiger partial charge in [0.1, 0.15) is 5.82 Å². The van der Waals surface area contributed by atoms with Crippen molar-refractivity contribution in [1.29, 1.82) is 0 Å². The number of hydrogen-bond acceptors (Lipinski definition) is 3. The van der Waals surface area contributed by atoms with E-state index >= 15 is 0 Å². The fraction of sp³-hybridized carbons (Fsp3) is 0.188. The summed E-state index contributed by atoms with van der Waals surface area (Å²) >= 11 is 5.64. The second-order valence-electron chi connectivity index (χ2n) is 4.40. The van der Waals surface area contributed by atoms with Gasteiger partial charge in [-0.25, -0.2) is 9.18 Å². The Bertz CT molecular complexity index is 646. The van der Waals surface area contributed by atoms with Gasteiger partial charge < -0.3 is 10.1 Å². The molecule has 2 aromatic rings. The molecule has 0 fully saturated rings. The minimum Gasteiger partial charge on any atom is -0.462 e. The summed E-state index contributed by atoms with van der Waals surface area (Å²) in [6, 6.07) is 11.6. The van der Waals surface area contributed by atoms with E-state index in [1.54, 1.807) is 31.2 Å². The van der Waals surface area contributed by atoms with Gasteiger partial charge in [-0.15, -0.1) is 0 Å². The lowest BCUT2D eigenvalue weighted by Gasteiger charge is -2.09.